The molecule has 0 unspecified atom stereocenters. The molecule has 0 spiro atoms. The largest absolute Gasteiger partial charge is 0.465 e. The second kappa shape index (κ2) is 11.1. The monoisotopic (exact) mass is 402 g/mol. The summed E-state index contributed by atoms with van der Waals surface area (Å²) in [5, 5.41) is 0. The average molecular weight is 403 g/mol. The Labute approximate surface area is 174 Å². The van der Waals surface area contributed by atoms with E-state index >= 15 is 0 Å². The summed E-state index contributed by atoms with van der Waals surface area (Å²) >= 11 is 0. The lowest BCUT2D eigenvalue weighted by atomic mass is 9.76. The Bertz CT molecular complexity index is 666. The van der Waals surface area contributed by atoms with Crippen molar-refractivity contribution in [1.82, 2.24) is 0 Å². The van der Waals surface area contributed by atoms with Gasteiger partial charge in [-0.3, -0.25) is 14.4 Å². The second-order valence-electron chi connectivity index (χ2n) is 7.85. The summed E-state index contributed by atoms with van der Waals surface area (Å²) in [6.45, 7) is 6.52. The van der Waals surface area contributed by atoms with Gasteiger partial charge in [-0.25, -0.2) is 0 Å². The highest BCUT2D eigenvalue weighted by atomic mass is 16.6. The van der Waals surface area contributed by atoms with Crippen LogP contribution in [0.5, 0.6) is 0 Å². The maximum absolute atomic E-state index is 13.2. The number of benzene rings is 1. The number of carbonyl (C=O) groups excluding carboxylic acids is 3. The summed E-state index contributed by atoms with van der Waals surface area (Å²) in [6.07, 6.45) is 6.08. The van der Waals surface area contributed by atoms with Crippen molar-refractivity contribution in [3.8, 4) is 0 Å². The third-order valence-electron chi connectivity index (χ3n) is 5.39. The van der Waals surface area contributed by atoms with Gasteiger partial charge in [0, 0.05) is 11.5 Å². The number of Topliss-reactive ketones (excluding diaryl/α,β-unsaturated/α-hetero) is 1. The van der Waals surface area contributed by atoms with Crippen molar-refractivity contribution in [2.75, 3.05) is 13.2 Å². The van der Waals surface area contributed by atoms with Gasteiger partial charge in [-0.1, -0.05) is 64.3 Å². The number of ether oxygens (including phenoxy) is 2. The second-order valence-corrected chi connectivity index (χ2v) is 7.85. The molecular formula is C24H34O5. The molecular weight excluding hydrogens is 368 g/mol. The minimum Gasteiger partial charge on any atom is -0.465 e. The van der Waals surface area contributed by atoms with Crippen LogP contribution in [0.2, 0.25) is 0 Å². The minimum absolute atomic E-state index is 0.124. The Morgan fingerprint density at radius 1 is 0.862 bits per heavy atom. The van der Waals surface area contributed by atoms with E-state index in [0.29, 0.717) is 24.0 Å². The van der Waals surface area contributed by atoms with E-state index in [0.717, 1.165) is 38.5 Å². The van der Waals surface area contributed by atoms with Crippen LogP contribution in [0.4, 0.5) is 0 Å². The first kappa shape index (κ1) is 23.1. The van der Waals surface area contributed by atoms with E-state index in [4.69, 9.17) is 9.47 Å². The van der Waals surface area contributed by atoms with E-state index in [1.807, 2.05) is 20.8 Å². The molecule has 1 fully saturated rings. The summed E-state index contributed by atoms with van der Waals surface area (Å²) in [4.78, 5) is 38.6. The smallest absolute Gasteiger partial charge is 0.328 e. The molecule has 0 saturated heterocycles. The topological polar surface area (TPSA) is 69.7 Å². The van der Waals surface area contributed by atoms with Crippen molar-refractivity contribution in [1.29, 1.82) is 0 Å². The molecule has 0 amide bonds. The highest BCUT2D eigenvalue weighted by Gasteiger charge is 2.50. The maximum atomic E-state index is 13.2. The maximum Gasteiger partial charge on any atom is 0.328 e. The van der Waals surface area contributed by atoms with Gasteiger partial charge in [0.05, 0.1) is 13.2 Å². The fraction of sp³-hybridized carbons (Fsp3) is 0.625. The number of carbonyl (C=O) groups is 3. The summed E-state index contributed by atoms with van der Waals surface area (Å²) < 4.78 is 11.0. The molecule has 5 heteroatoms. The zero-order valence-electron chi connectivity index (χ0n) is 18.0. The quantitative estimate of drug-likeness (QED) is 0.201. The molecule has 0 bridgehead atoms. The van der Waals surface area contributed by atoms with Crippen molar-refractivity contribution in [3.63, 3.8) is 0 Å². The fourth-order valence-electron chi connectivity index (χ4n) is 3.41. The summed E-state index contributed by atoms with van der Waals surface area (Å²) in [5.41, 5.74) is -0.327. The molecule has 1 saturated carbocycles. The van der Waals surface area contributed by atoms with Crippen LogP contribution in [0.25, 0.3) is 0 Å². The molecule has 0 aliphatic heterocycles. The zero-order chi connectivity index (χ0) is 21.3. The average Bonchev–Trinajstić information content (AvgIpc) is 3.57. The van der Waals surface area contributed by atoms with Gasteiger partial charge in [-0.15, -0.1) is 0 Å². The molecule has 2 rings (SSSR count). The van der Waals surface area contributed by atoms with Crippen molar-refractivity contribution in [3.05, 3.63) is 35.4 Å². The van der Waals surface area contributed by atoms with Gasteiger partial charge >= 0.3 is 11.9 Å². The molecule has 1 aliphatic rings. The standard InChI is InChI=1S/C24H34O5/c1-4-7-16-28-22(26)24(15-6-3,23(27)29-17-8-5-2)20-13-11-19(12-14-20)21(25)18-9-10-18/h11-14,18H,4-10,15-17H2,1-3H3. The van der Waals surface area contributed by atoms with Gasteiger partial charge in [-0.05, 0) is 37.7 Å². The Hall–Kier alpha value is -2.17. The Balaban J connectivity index is 2.35. The van der Waals surface area contributed by atoms with Gasteiger partial charge in [0.2, 0.25) is 0 Å². The number of esters is 2. The van der Waals surface area contributed by atoms with Crippen LogP contribution >= 0.6 is 0 Å². The molecule has 29 heavy (non-hydrogen) atoms. The molecule has 0 atom stereocenters. The highest BCUT2D eigenvalue weighted by Crippen LogP contribution is 2.36. The first-order valence-electron chi connectivity index (χ1n) is 11.0. The minimum atomic E-state index is -1.49. The van der Waals surface area contributed by atoms with Crippen molar-refractivity contribution in [2.24, 2.45) is 5.92 Å². The number of hydrogen-bond donors (Lipinski definition) is 0. The fourth-order valence-corrected chi connectivity index (χ4v) is 3.41. The molecule has 0 heterocycles. The van der Waals surface area contributed by atoms with E-state index in [2.05, 4.69) is 0 Å². The van der Waals surface area contributed by atoms with Crippen LogP contribution in [0.3, 0.4) is 0 Å². The molecule has 1 aromatic carbocycles. The first-order valence-corrected chi connectivity index (χ1v) is 11.0. The third kappa shape index (κ3) is 5.68. The molecule has 0 radical (unpaired) electrons. The lowest BCUT2D eigenvalue weighted by Crippen LogP contribution is -2.46. The normalized spacial score (nSPS) is 13.8. The van der Waals surface area contributed by atoms with E-state index in [9.17, 15) is 14.4 Å². The summed E-state index contributed by atoms with van der Waals surface area (Å²) in [5.74, 6) is -0.862. The van der Waals surface area contributed by atoms with Gasteiger partial charge < -0.3 is 9.47 Å². The van der Waals surface area contributed by atoms with E-state index in [-0.39, 0.29) is 24.9 Å². The third-order valence-corrected chi connectivity index (χ3v) is 5.39. The number of unbranched alkanes of at least 4 members (excludes halogenated alkanes) is 2. The number of hydrogen-bond acceptors (Lipinski definition) is 5. The van der Waals surface area contributed by atoms with Crippen LogP contribution in [0.15, 0.2) is 24.3 Å². The molecule has 0 aromatic heterocycles. The predicted molar refractivity (Wildman–Crippen MR) is 112 cm³/mol. The van der Waals surface area contributed by atoms with E-state index in [1.54, 1.807) is 24.3 Å². The molecule has 1 aliphatic carbocycles. The van der Waals surface area contributed by atoms with E-state index in [1.165, 1.54) is 0 Å². The predicted octanol–water partition coefficient (Wildman–Crippen LogP) is 5.00. The Kier molecular flexibility index (Phi) is 8.87. The van der Waals surface area contributed by atoms with Crippen LogP contribution < -0.4 is 0 Å². The van der Waals surface area contributed by atoms with Gasteiger partial charge in [0.15, 0.2) is 11.2 Å². The van der Waals surface area contributed by atoms with Gasteiger partial charge in [0.25, 0.3) is 0 Å². The van der Waals surface area contributed by atoms with Crippen molar-refractivity contribution in [2.45, 2.75) is 77.6 Å². The van der Waals surface area contributed by atoms with Crippen LogP contribution in [-0.4, -0.2) is 30.9 Å². The van der Waals surface area contributed by atoms with Crippen molar-refractivity contribution >= 4 is 17.7 Å². The zero-order valence-corrected chi connectivity index (χ0v) is 18.0. The highest BCUT2D eigenvalue weighted by molar-refractivity contribution is 6.06. The first-order chi connectivity index (χ1) is 14.0. The SMILES string of the molecule is CCCCOC(=O)C(CCC)(C(=O)OCCCC)c1ccc(C(=O)C2CC2)cc1. The van der Waals surface area contributed by atoms with Crippen molar-refractivity contribution < 1.29 is 23.9 Å². The number of rotatable bonds is 13. The van der Waals surface area contributed by atoms with Crippen LogP contribution in [0, 0.1) is 5.92 Å². The molecule has 5 nitrogen and oxygen atoms in total. The lowest BCUT2D eigenvalue weighted by molar-refractivity contribution is -0.166. The summed E-state index contributed by atoms with van der Waals surface area (Å²) in [7, 11) is 0. The molecule has 0 N–H and O–H groups in total. The Morgan fingerprint density at radius 3 is 1.79 bits per heavy atom. The molecule has 1 aromatic rings. The lowest BCUT2D eigenvalue weighted by Gasteiger charge is -2.30. The van der Waals surface area contributed by atoms with E-state index < -0.39 is 17.4 Å². The summed E-state index contributed by atoms with van der Waals surface area (Å²) in [6, 6.07) is 6.87. The van der Waals surface area contributed by atoms with Gasteiger partial charge in [-0.2, -0.15) is 0 Å². The Morgan fingerprint density at radius 2 is 1.38 bits per heavy atom. The van der Waals surface area contributed by atoms with Gasteiger partial charge in [0.1, 0.15) is 0 Å². The van der Waals surface area contributed by atoms with Crippen LogP contribution in [-0.2, 0) is 24.5 Å². The number of ketones is 1. The van der Waals surface area contributed by atoms with Crippen LogP contribution in [0.1, 0.15) is 88.1 Å². The molecule has 160 valence electrons.